The summed E-state index contributed by atoms with van der Waals surface area (Å²) < 4.78 is 0. The summed E-state index contributed by atoms with van der Waals surface area (Å²) in [6.45, 7) is 3.06. The van der Waals surface area contributed by atoms with Gasteiger partial charge in [0.15, 0.2) is 34.7 Å². The molecule has 220 valence electrons. The van der Waals surface area contributed by atoms with Gasteiger partial charge in [-0.3, -0.25) is 38.5 Å². The number of nitrogens with two attached hydrogens (primary N) is 1. The molecular formula is C28H33N3O10. The van der Waals surface area contributed by atoms with Crippen LogP contribution in [0.25, 0.3) is 0 Å². The van der Waals surface area contributed by atoms with E-state index in [2.05, 4.69) is 5.32 Å². The average Bonchev–Trinajstić information content (AvgIpc) is 2.82. The van der Waals surface area contributed by atoms with Crippen LogP contribution in [0.4, 0.5) is 5.69 Å². The van der Waals surface area contributed by atoms with Gasteiger partial charge in [-0.05, 0) is 50.4 Å². The van der Waals surface area contributed by atoms with Crippen molar-refractivity contribution in [1.29, 1.82) is 0 Å². The van der Waals surface area contributed by atoms with Crippen molar-refractivity contribution in [3.05, 3.63) is 23.3 Å². The fourth-order valence-corrected chi connectivity index (χ4v) is 7.43. The number of carbonyl (C=O) groups is 7. The van der Waals surface area contributed by atoms with E-state index < -0.39 is 81.0 Å². The molecule has 41 heavy (non-hydrogen) atoms. The quantitative estimate of drug-likeness (QED) is 0.214. The van der Waals surface area contributed by atoms with Gasteiger partial charge in [-0.25, -0.2) is 0 Å². The van der Waals surface area contributed by atoms with E-state index in [1.165, 1.54) is 38.1 Å². The molecule has 0 saturated heterocycles. The second kappa shape index (κ2) is 9.84. The number of carboxylic acids is 1. The minimum Gasteiger partial charge on any atom is -0.505 e. The van der Waals surface area contributed by atoms with Crippen LogP contribution in [0.3, 0.4) is 0 Å². The molecule has 1 aromatic carbocycles. The van der Waals surface area contributed by atoms with Crippen LogP contribution in [-0.2, 0) is 35.2 Å². The zero-order valence-electron chi connectivity index (χ0n) is 23.1. The predicted molar refractivity (Wildman–Crippen MR) is 141 cm³/mol. The van der Waals surface area contributed by atoms with Crippen LogP contribution in [0, 0.1) is 22.7 Å². The molecule has 0 spiro atoms. The number of Topliss-reactive ketones (excluding diaryl/α,β-unsaturated/α-hetero) is 4. The number of hydrogen-bond donors (Lipinski definition) is 5. The Morgan fingerprint density at radius 1 is 1.07 bits per heavy atom. The van der Waals surface area contributed by atoms with Crippen molar-refractivity contribution < 1.29 is 48.9 Å². The highest BCUT2D eigenvalue weighted by molar-refractivity contribution is 6.33. The Kier molecular flexibility index (Phi) is 7.20. The van der Waals surface area contributed by atoms with Crippen LogP contribution in [0.15, 0.2) is 12.1 Å². The van der Waals surface area contributed by atoms with E-state index in [9.17, 15) is 43.8 Å². The van der Waals surface area contributed by atoms with Crippen molar-refractivity contribution in [3.63, 3.8) is 0 Å². The molecule has 3 aliphatic carbocycles. The molecular weight excluding hydrogens is 538 g/mol. The number of benzene rings is 1. The molecule has 13 nitrogen and oxygen atoms in total. The lowest BCUT2D eigenvalue weighted by molar-refractivity contribution is -0.203. The Balaban J connectivity index is 1.79. The third kappa shape index (κ3) is 4.25. The van der Waals surface area contributed by atoms with Gasteiger partial charge < -0.3 is 26.4 Å². The Bertz CT molecular complexity index is 1420. The topological polar surface area (TPSA) is 221 Å². The molecule has 2 unspecified atom stereocenters. The molecule has 0 heterocycles. The van der Waals surface area contributed by atoms with Crippen molar-refractivity contribution >= 4 is 46.6 Å². The van der Waals surface area contributed by atoms with E-state index in [0.29, 0.717) is 5.56 Å². The predicted octanol–water partition coefficient (Wildman–Crippen LogP) is -0.159. The van der Waals surface area contributed by atoms with E-state index in [4.69, 9.17) is 10.8 Å². The number of primary amides is 1. The van der Waals surface area contributed by atoms with Gasteiger partial charge in [0.2, 0.25) is 11.8 Å². The number of aliphatic carboxylic acids is 1. The van der Waals surface area contributed by atoms with Gasteiger partial charge >= 0.3 is 5.97 Å². The molecule has 0 radical (unpaired) electrons. The minimum atomic E-state index is -2.90. The number of likely N-dealkylation sites (N-methyl/N-ethyl adjacent to an activating group) is 1. The van der Waals surface area contributed by atoms with Crippen molar-refractivity contribution in [2.75, 3.05) is 19.4 Å². The number of phenols is 1. The van der Waals surface area contributed by atoms with Gasteiger partial charge in [-0.1, -0.05) is 19.9 Å². The second-order valence-corrected chi connectivity index (χ2v) is 12.1. The van der Waals surface area contributed by atoms with E-state index in [0.717, 1.165) is 0 Å². The number of aliphatic hydroxyl groups is 1. The molecule has 1 aromatic rings. The van der Waals surface area contributed by atoms with Crippen LogP contribution < -0.4 is 11.1 Å². The Morgan fingerprint density at radius 3 is 2.27 bits per heavy atom. The zero-order chi connectivity index (χ0) is 30.8. The van der Waals surface area contributed by atoms with E-state index >= 15 is 0 Å². The van der Waals surface area contributed by atoms with Crippen molar-refractivity contribution in [2.24, 2.45) is 28.4 Å². The van der Waals surface area contributed by atoms with E-state index in [-0.39, 0.29) is 43.4 Å². The Morgan fingerprint density at radius 2 is 1.71 bits per heavy atom. The highest BCUT2D eigenvalue weighted by Gasteiger charge is 2.76. The fraction of sp³-hybridized carbons (Fsp3) is 0.536. The Labute approximate surface area is 235 Å². The molecule has 0 aromatic heterocycles. The summed E-state index contributed by atoms with van der Waals surface area (Å²) in [6, 6.07) is 1.64. The number of ketones is 4. The fourth-order valence-electron chi connectivity index (χ4n) is 7.43. The summed E-state index contributed by atoms with van der Waals surface area (Å²) in [5.74, 6) is -11.6. The Hall–Kier alpha value is -3.97. The first-order valence-electron chi connectivity index (χ1n) is 13.1. The highest BCUT2D eigenvalue weighted by atomic mass is 16.4. The summed E-state index contributed by atoms with van der Waals surface area (Å²) in [5, 5.41) is 34.1. The molecule has 2 fully saturated rings. The summed E-state index contributed by atoms with van der Waals surface area (Å²) in [6.07, 6.45) is -0.418. The first-order valence-corrected chi connectivity index (χ1v) is 13.1. The molecule has 6 N–H and O–H groups in total. The van der Waals surface area contributed by atoms with Gasteiger partial charge in [0.05, 0.1) is 23.2 Å². The third-order valence-corrected chi connectivity index (χ3v) is 8.93. The minimum absolute atomic E-state index is 0.0504. The molecule has 0 bridgehead atoms. The average molecular weight is 572 g/mol. The molecule has 13 heteroatoms. The number of aromatic hydroxyl groups is 1. The summed E-state index contributed by atoms with van der Waals surface area (Å²) in [7, 11) is 3.02. The molecule has 6 atom stereocenters. The largest absolute Gasteiger partial charge is 0.505 e. The van der Waals surface area contributed by atoms with Crippen LogP contribution >= 0.6 is 0 Å². The third-order valence-electron chi connectivity index (χ3n) is 8.93. The van der Waals surface area contributed by atoms with Crippen LogP contribution in [0.1, 0.15) is 55.5 Å². The van der Waals surface area contributed by atoms with Crippen molar-refractivity contribution in [1.82, 2.24) is 4.90 Å². The van der Waals surface area contributed by atoms with Gasteiger partial charge in [0, 0.05) is 18.3 Å². The zero-order valence-corrected chi connectivity index (χ0v) is 23.1. The number of hydrogen-bond acceptors (Lipinski definition) is 10. The van der Waals surface area contributed by atoms with Crippen molar-refractivity contribution in [3.8, 4) is 5.75 Å². The van der Waals surface area contributed by atoms with Crippen LogP contribution in [-0.4, -0.2) is 86.9 Å². The monoisotopic (exact) mass is 571 g/mol. The number of nitrogens with zero attached hydrogens (tertiary/aromatic N) is 1. The molecule has 4 rings (SSSR count). The number of anilines is 1. The lowest BCUT2D eigenvalue weighted by Gasteiger charge is -2.61. The highest BCUT2D eigenvalue weighted by Crippen LogP contribution is 2.61. The van der Waals surface area contributed by atoms with Crippen LogP contribution in [0.2, 0.25) is 0 Å². The summed E-state index contributed by atoms with van der Waals surface area (Å²) in [4.78, 5) is 91.7. The maximum Gasteiger partial charge on any atom is 0.303 e. The maximum atomic E-state index is 14.2. The normalized spacial score (nSPS) is 32.7. The number of phenolic OH excluding ortho intramolecular Hbond substituents is 1. The molecule has 2 amide bonds. The standard InChI is InChI=1S/C28H33N3O10/c1-26-10-12-8-9-13(30-14(32)6-5-7-15(33)34)19(35)16(12)20(36)18(26)24(39)28(41)23(38)17(25(29)40)21(37)22(31(3)4)27(28,2)11-26/h8-9,17-18,22,35,41H,5-7,10-11H2,1-4H3,(H2,29,40)(H,30,32)(H,33,34)/t17?,18?,22-,26+,27+,28-/m1/s1. The number of nitrogens with one attached hydrogen (secondary N) is 1. The lowest BCUT2D eigenvalue weighted by atomic mass is 9.42. The second-order valence-electron chi connectivity index (χ2n) is 12.1. The van der Waals surface area contributed by atoms with Gasteiger partial charge in [-0.2, -0.15) is 0 Å². The first-order chi connectivity index (χ1) is 18.9. The number of carboxylic acid groups (broad SMARTS) is 1. The molecule has 2 saturated carbocycles. The summed E-state index contributed by atoms with van der Waals surface area (Å²) in [5.41, 5.74) is -0.476. The number of rotatable bonds is 7. The van der Waals surface area contributed by atoms with Gasteiger partial charge in [0.25, 0.3) is 0 Å². The molecule has 3 aliphatic rings. The van der Waals surface area contributed by atoms with Crippen LogP contribution in [0.5, 0.6) is 5.75 Å². The van der Waals surface area contributed by atoms with E-state index in [1.54, 1.807) is 6.92 Å². The maximum absolute atomic E-state index is 14.2. The van der Waals surface area contributed by atoms with E-state index in [1.807, 2.05) is 0 Å². The van der Waals surface area contributed by atoms with Crippen molar-refractivity contribution in [2.45, 2.75) is 57.6 Å². The number of amides is 2. The molecule has 0 aliphatic heterocycles. The summed E-state index contributed by atoms with van der Waals surface area (Å²) >= 11 is 0. The number of fused-ring (bicyclic) bond motifs is 3. The SMILES string of the molecule is CN(C)[C@@H]1C(=O)C(C(N)=O)C(=O)[C@@]2(O)C(=O)C3C(=O)c4c(ccc(NC(=O)CCCC(=O)O)c4O)C[C@@]3(C)C[C@@]12C. The number of carbonyl (C=O) groups excluding carboxylic acids is 6. The first kappa shape index (κ1) is 30.0. The van der Waals surface area contributed by atoms with Gasteiger partial charge in [-0.15, -0.1) is 0 Å². The lowest BCUT2D eigenvalue weighted by Crippen LogP contribution is -2.79. The smallest absolute Gasteiger partial charge is 0.303 e. The van der Waals surface area contributed by atoms with Gasteiger partial charge in [0.1, 0.15) is 5.75 Å².